The molecule has 1 aromatic rings. The molecule has 2 aliphatic heterocycles. The Morgan fingerprint density at radius 2 is 2.04 bits per heavy atom. The Morgan fingerprint density at radius 3 is 2.71 bits per heavy atom. The third-order valence-electron chi connectivity index (χ3n) is 4.21. The van der Waals surface area contributed by atoms with Gasteiger partial charge in [0, 0.05) is 32.7 Å². The van der Waals surface area contributed by atoms with Crippen LogP contribution < -0.4 is 10.6 Å². The summed E-state index contributed by atoms with van der Waals surface area (Å²) < 4.78 is 19.1. The topological polar surface area (TPSA) is 53.6 Å². The zero-order valence-corrected chi connectivity index (χ0v) is 15.0. The molecule has 2 heterocycles. The molecule has 0 aliphatic carbocycles. The van der Waals surface area contributed by atoms with Crippen molar-refractivity contribution >= 4 is 30.7 Å². The lowest BCUT2D eigenvalue weighted by Gasteiger charge is -2.37. The van der Waals surface area contributed by atoms with E-state index in [2.05, 4.69) is 10.6 Å². The van der Waals surface area contributed by atoms with Crippen LogP contribution in [0.2, 0.25) is 0 Å². The average Bonchev–Trinajstić information content (AvgIpc) is 2.49. The van der Waals surface area contributed by atoms with Crippen LogP contribution in [0, 0.1) is 5.82 Å². The number of nitrogens with zero attached hydrogens (tertiary/aromatic N) is 1. The number of ether oxygens (including phenoxy) is 1. The van der Waals surface area contributed by atoms with Crippen molar-refractivity contribution in [2.24, 2.45) is 0 Å². The summed E-state index contributed by atoms with van der Waals surface area (Å²) in [5.41, 5.74) is 0.838. The molecule has 0 radical (unpaired) electrons. The van der Waals surface area contributed by atoms with E-state index in [4.69, 9.17) is 4.74 Å². The molecule has 2 N–H and O–H groups in total. The quantitative estimate of drug-likeness (QED) is 0.814. The van der Waals surface area contributed by atoms with E-state index in [1.165, 1.54) is 12.1 Å². The van der Waals surface area contributed by atoms with Crippen LogP contribution in [0.4, 0.5) is 4.39 Å². The van der Waals surface area contributed by atoms with Crippen LogP contribution in [-0.4, -0.2) is 56.2 Å². The Bertz CT molecular complexity index is 532. The van der Waals surface area contributed by atoms with Gasteiger partial charge in [-0.05, 0) is 17.7 Å². The molecule has 1 atom stereocenters. The third-order valence-corrected chi connectivity index (χ3v) is 4.21. The molecule has 1 aromatic carbocycles. The van der Waals surface area contributed by atoms with Crippen molar-refractivity contribution in [2.45, 2.75) is 18.6 Å². The van der Waals surface area contributed by atoms with Crippen molar-refractivity contribution in [1.29, 1.82) is 0 Å². The number of piperazine rings is 1. The lowest BCUT2D eigenvalue weighted by atomic mass is 10.0. The van der Waals surface area contributed by atoms with Crippen molar-refractivity contribution in [3.05, 3.63) is 35.6 Å². The predicted molar refractivity (Wildman–Crippen MR) is 95.4 cm³/mol. The maximum atomic E-state index is 13.4. The van der Waals surface area contributed by atoms with Crippen molar-refractivity contribution in [3.8, 4) is 0 Å². The highest BCUT2D eigenvalue weighted by atomic mass is 35.5. The SMILES string of the molecule is Cl.Cl.O=C(CCOC1CNC1)N1CCNCC1c1cccc(F)c1. The zero-order valence-electron chi connectivity index (χ0n) is 13.4. The first-order valence-corrected chi connectivity index (χ1v) is 7.82. The maximum Gasteiger partial charge on any atom is 0.225 e. The van der Waals surface area contributed by atoms with Gasteiger partial charge in [-0.3, -0.25) is 4.79 Å². The van der Waals surface area contributed by atoms with Crippen LogP contribution in [-0.2, 0) is 9.53 Å². The number of carbonyl (C=O) groups is 1. The molecule has 2 saturated heterocycles. The number of benzene rings is 1. The first-order valence-electron chi connectivity index (χ1n) is 7.82. The Morgan fingerprint density at radius 1 is 1.25 bits per heavy atom. The summed E-state index contributed by atoms with van der Waals surface area (Å²) in [6.45, 7) is 4.25. The molecule has 0 spiro atoms. The van der Waals surface area contributed by atoms with E-state index in [-0.39, 0.29) is 48.7 Å². The molecule has 3 rings (SSSR count). The van der Waals surface area contributed by atoms with Gasteiger partial charge in [-0.2, -0.15) is 0 Å². The van der Waals surface area contributed by atoms with Gasteiger partial charge in [0.15, 0.2) is 0 Å². The first kappa shape index (κ1) is 21.1. The van der Waals surface area contributed by atoms with Gasteiger partial charge in [0.1, 0.15) is 5.82 Å². The summed E-state index contributed by atoms with van der Waals surface area (Å²) >= 11 is 0. The molecule has 5 nitrogen and oxygen atoms in total. The second kappa shape index (κ2) is 10.2. The highest BCUT2D eigenvalue weighted by molar-refractivity contribution is 5.85. The van der Waals surface area contributed by atoms with Gasteiger partial charge in [-0.1, -0.05) is 12.1 Å². The number of nitrogens with one attached hydrogen (secondary N) is 2. The minimum atomic E-state index is -0.267. The Hall–Kier alpha value is -0.920. The zero-order chi connectivity index (χ0) is 15.4. The van der Waals surface area contributed by atoms with Crippen molar-refractivity contribution < 1.29 is 13.9 Å². The van der Waals surface area contributed by atoms with Gasteiger partial charge >= 0.3 is 0 Å². The van der Waals surface area contributed by atoms with Crippen LogP contribution >= 0.6 is 24.8 Å². The highest BCUT2D eigenvalue weighted by Crippen LogP contribution is 2.23. The summed E-state index contributed by atoms with van der Waals surface area (Å²) in [5.74, 6) is -0.195. The number of amides is 1. The first-order chi connectivity index (χ1) is 10.7. The number of carbonyl (C=O) groups excluding carboxylic acids is 1. The number of hydrogen-bond donors (Lipinski definition) is 2. The standard InChI is InChI=1S/C16H22FN3O2.2ClH/c17-13-3-1-2-12(8-13)15-11-18-5-6-20(15)16(21)4-7-22-14-9-19-10-14;;/h1-3,8,14-15,18-19H,4-7,9-11H2;2*1H. The second-order valence-electron chi connectivity index (χ2n) is 5.76. The third kappa shape index (κ3) is 5.29. The average molecular weight is 380 g/mol. The van der Waals surface area contributed by atoms with Gasteiger partial charge < -0.3 is 20.3 Å². The molecule has 0 bridgehead atoms. The lowest BCUT2D eigenvalue weighted by Crippen LogP contribution is -2.50. The Kier molecular flexibility index (Phi) is 8.94. The van der Waals surface area contributed by atoms with Crippen molar-refractivity contribution in [3.63, 3.8) is 0 Å². The maximum absolute atomic E-state index is 13.4. The molecule has 0 saturated carbocycles. The molecule has 24 heavy (non-hydrogen) atoms. The van der Waals surface area contributed by atoms with Crippen LogP contribution in [0.3, 0.4) is 0 Å². The second-order valence-corrected chi connectivity index (χ2v) is 5.76. The summed E-state index contributed by atoms with van der Waals surface area (Å²) in [6.07, 6.45) is 0.623. The van der Waals surface area contributed by atoms with Gasteiger partial charge in [0.25, 0.3) is 0 Å². The van der Waals surface area contributed by atoms with Gasteiger partial charge in [-0.15, -0.1) is 24.8 Å². The van der Waals surface area contributed by atoms with E-state index in [0.717, 1.165) is 25.2 Å². The minimum absolute atomic E-state index is 0. The van der Waals surface area contributed by atoms with E-state index in [1.54, 1.807) is 6.07 Å². The number of rotatable bonds is 5. The predicted octanol–water partition coefficient (Wildman–Crippen LogP) is 1.52. The molecule has 1 unspecified atom stereocenters. The van der Waals surface area contributed by atoms with E-state index in [1.807, 2.05) is 11.0 Å². The molecule has 2 fully saturated rings. The fraction of sp³-hybridized carbons (Fsp3) is 0.562. The normalized spacial score (nSPS) is 20.5. The summed E-state index contributed by atoms with van der Waals surface area (Å²) in [7, 11) is 0. The molecular formula is C16H24Cl2FN3O2. The smallest absolute Gasteiger partial charge is 0.225 e. The fourth-order valence-electron chi connectivity index (χ4n) is 2.85. The number of hydrogen-bond acceptors (Lipinski definition) is 4. The minimum Gasteiger partial charge on any atom is -0.375 e. The van der Waals surface area contributed by atoms with Crippen molar-refractivity contribution in [2.75, 3.05) is 39.3 Å². The molecular weight excluding hydrogens is 356 g/mol. The monoisotopic (exact) mass is 379 g/mol. The van der Waals surface area contributed by atoms with E-state index < -0.39 is 0 Å². The van der Waals surface area contributed by atoms with E-state index >= 15 is 0 Å². The van der Waals surface area contributed by atoms with E-state index in [9.17, 15) is 9.18 Å². The lowest BCUT2D eigenvalue weighted by molar-refractivity contribution is -0.136. The van der Waals surface area contributed by atoms with Gasteiger partial charge in [0.2, 0.25) is 5.91 Å². The largest absolute Gasteiger partial charge is 0.375 e. The fourth-order valence-corrected chi connectivity index (χ4v) is 2.85. The van der Waals surface area contributed by atoms with E-state index in [0.29, 0.717) is 26.1 Å². The molecule has 0 aromatic heterocycles. The molecule has 136 valence electrons. The Balaban J connectivity index is 0.00000144. The van der Waals surface area contributed by atoms with Gasteiger partial charge in [-0.25, -0.2) is 4.39 Å². The van der Waals surface area contributed by atoms with Crippen LogP contribution in [0.15, 0.2) is 24.3 Å². The molecule has 2 aliphatic rings. The highest BCUT2D eigenvalue weighted by Gasteiger charge is 2.28. The molecule has 1 amide bonds. The Labute approximate surface area is 154 Å². The molecule has 8 heteroatoms. The summed E-state index contributed by atoms with van der Waals surface area (Å²) in [6, 6.07) is 6.38. The van der Waals surface area contributed by atoms with Crippen LogP contribution in [0.5, 0.6) is 0 Å². The van der Waals surface area contributed by atoms with Crippen LogP contribution in [0.1, 0.15) is 18.0 Å². The number of halogens is 3. The van der Waals surface area contributed by atoms with Crippen molar-refractivity contribution in [1.82, 2.24) is 15.5 Å². The van der Waals surface area contributed by atoms with Gasteiger partial charge in [0.05, 0.1) is 25.2 Å². The van der Waals surface area contributed by atoms with Crippen LogP contribution in [0.25, 0.3) is 0 Å². The summed E-state index contributed by atoms with van der Waals surface area (Å²) in [5, 5.41) is 6.41. The summed E-state index contributed by atoms with van der Waals surface area (Å²) in [4.78, 5) is 14.3.